The molecule has 0 aromatic rings. The Bertz CT molecular complexity index is 243. The lowest BCUT2D eigenvalue weighted by molar-refractivity contribution is -0.0672. The molecule has 3 heterocycles. The molecule has 4 nitrogen and oxygen atoms in total. The van der Waals surface area contributed by atoms with E-state index in [1.54, 1.807) is 0 Å². The maximum absolute atomic E-state index is 6.30. The third-order valence-corrected chi connectivity index (χ3v) is 4.35. The van der Waals surface area contributed by atoms with Gasteiger partial charge in [0.2, 0.25) is 0 Å². The van der Waals surface area contributed by atoms with E-state index in [1.807, 2.05) is 0 Å². The monoisotopic (exact) mass is 226 g/mol. The first-order valence-electron chi connectivity index (χ1n) is 6.53. The third kappa shape index (κ3) is 1.99. The van der Waals surface area contributed by atoms with Gasteiger partial charge < -0.3 is 15.2 Å². The number of rotatable bonds is 2. The zero-order chi connectivity index (χ0) is 11.0. The number of hydrogen-bond donors (Lipinski definition) is 1. The summed E-state index contributed by atoms with van der Waals surface area (Å²) < 4.78 is 11.4. The molecule has 2 N–H and O–H groups in total. The topological polar surface area (TPSA) is 47.7 Å². The van der Waals surface area contributed by atoms with Crippen molar-refractivity contribution in [3.05, 3.63) is 0 Å². The Hall–Kier alpha value is -0.160. The first kappa shape index (κ1) is 11.0. The van der Waals surface area contributed by atoms with Gasteiger partial charge in [-0.3, -0.25) is 4.90 Å². The molecule has 4 heteroatoms. The fourth-order valence-corrected chi connectivity index (χ4v) is 3.24. The SMILES string of the molecule is NC(C1CCOC1)C1CN2CCCC2CO1. The predicted molar refractivity (Wildman–Crippen MR) is 61.2 cm³/mol. The van der Waals surface area contributed by atoms with Crippen LogP contribution >= 0.6 is 0 Å². The Morgan fingerprint density at radius 3 is 3.00 bits per heavy atom. The van der Waals surface area contributed by atoms with Crippen LogP contribution in [-0.2, 0) is 9.47 Å². The van der Waals surface area contributed by atoms with Gasteiger partial charge in [0.25, 0.3) is 0 Å². The first-order chi connectivity index (χ1) is 7.84. The van der Waals surface area contributed by atoms with Gasteiger partial charge in [-0.05, 0) is 25.8 Å². The molecule has 0 aliphatic carbocycles. The molecule has 4 unspecified atom stereocenters. The summed E-state index contributed by atoms with van der Waals surface area (Å²) in [6.07, 6.45) is 3.95. The van der Waals surface area contributed by atoms with Crippen molar-refractivity contribution in [2.75, 3.05) is 32.9 Å². The Labute approximate surface area is 97.1 Å². The lowest BCUT2D eigenvalue weighted by Gasteiger charge is -2.39. The molecule has 0 spiro atoms. The summed E-state index contributed by atoms with van der Waals surface area (Å²) in [6, 6.07) is 0.826. The largest absolute Gasteiger partial charge is 0.381 e. The van der Waals surface area contributed by atoms with Gasteiger partial charge in [-0.1, -0.05) is 0 Å². The normalized spacial score (nSPS) is 42.2. The van der Waals surface area contributed by atoms with E-state index in [1.165, 1.54) is 19.4 Å². The van der Waals surface area contributed by atoms with Crippen molar-refractivity contribution in [3.63, 3.8) is 0 Å². The van der Waals surface area contributed by atoms with E-state index < -0.39 is 0 Å². The van der Waals surface area contributed by atoms with Crippen molar-refractivity contribution < 1.29 is 9.47 Å². The van der Waals surface area contributed by atoms with Gasteiger partial charge in [0.1, 0.15) is 0 Å². The van der Waals surface area contributed by atoms with Crippen LogP contribution < -0.4 is 5.73 Å². The molecule has 4 atom stereocenters. The number of nitrogens with zero attached hydrogens (tertiary/aromatic N) is 1. The number of fused-ring (bicyclic) bond motifs is 1. The molecule has 3 rings (SSSR count). The highest BCUT2D eigenvalue weighted by atomic mass is 16.5. The average molecular weight is 226 g/mol. The van der Waals surface area contributed by atoms with Gasteiger partial charge in [0.15, 0.2) is 0 Å². The minimum Gasteiger partial charge on any atom is -0.381 e. The summed E-state index contributed by atoms with van der Waals surface area (Å²) in [5, 5.41) is 0. The summed E-state index contributed by atoms with van der Waals surface area (Å²) in [7, 11) is 0. The molecule has 3 saturated heterocycles. The highest BCUT2D eigenvalue weighted by molar-refractivity contribution is 4.92. The fourth-order valence-electron chi connectivity index (χ4n) is 3.24. The molecule has 92 valence electrons. The average Bonchev–Trinajstić information content (AvgIpc) is 2.98. The van der Waals surface area contributed by atoms with Crippen LogP contribution in [0.4, 0.5) is 0 Å². The molecule has 3 aliphatic rings. The minimum absolute atomic E-state index is 0.157. The number of morpholine rings is 1. The molecule has 0 aromatic heterocycles. The Kier molecular flexibility index (Phi) is 3.16. The van der Waals surface area contributed by atoms with Crippen LogP contribution in [0.3, 0.4) is 0 Å². The van der Waals surface area contributed by atoms with Crippen LogP contribution in [0.5, 0.6) is 0 Å². The van der Waals surface area contributed by atoms with Gasteiger partial charge in [-0.2, -0.15) is 0 Å². The molecule has 3 aliphatic heterocycles. The van der Waals surface area contributed by atoms with E-state index >= 15 is 0 Å². The smallest absolute Gasteiger partial charge is 0.0857 e. The highest BCUT2D eigenvalue weighted by Crippen LogP contribution is 2.26. The van der Waals surface area contributed by atoms with E-state index in [9.17, 15) is 0 Å². The van der Waals surface area contributed by atoms with Crippen molar-refractivity contribution in [1.29, 1.82) is 0 Å². The maximum atomic E-state index is 6.30. The van der Waals surface area contributed by atoms with Crippen molar-refractivity contribution in [2.24, 2.45) is 11.7 Å². The van der Waals surface area contributed by atoms with Crippen molar-refractivity contribution in [1.82, 2.24) is 4.90 Å². The van der Waals surface area contributed by atoms with Gasteiger partial charge in [-0.25, -0.2) is 0 Å². The summed E-state index contributed by atoms with van der Waals surface area (Å²) in [4.78, 5) is 2.56. The third-order valence-electron chi connectivity index (χ3n) is 4.35. The minimum atomic E-state index is 0.157. The van der Waals surface area contributed by atoms with Gasteiger partial charge in [0.05, 0.1) is 19.3 Å². The van der Waals surface area contributed by atoms with Crippen LogP contribution in [0.2, 0.25) is 0 Å². The summed E-state index contributed by atoms with van der Waals surface area (Å²) in [5.41, 5.74) is 6.30. The molecule has 0 amide bonds. The Morgan fingerprint density at radius 2 is 2.19 bits per heavy atom. The summed E-state index contributed by atoms with van der Waals surface area (Å²) >= 11 is 0. The van der Waals surface area contributed by atoms with Crippen LogP contribution in [-0.4, -0.2) is 56.0 Å². The van der Waals surface area contributed by atoms with E-state index in [2.05, 4.69) is 4.90 Å². The van der Waals surface area contributed by atoms with Crippen molar-refractivity contribution >= 4 is 0 Å². The molecular weight excluding hydrogens is 204 g/mol. The fraction of sp³-hybridized carbons (Fsp3) is 1.00. The standard InChI is InChI=1S/C12H22N2O2/c13-12(9-3-5-15-7-9)11-6-14-4-1-2-10(14)8-16-11/h9-12H,1-8,13H2. The second-order valence-electron chi connectivity index (χ2n) is 5.36. The second-order valence-corrected chi connectivity index (χ2v) is 5.36. The molecule has 0 bridgehead atoms. The maximum Gasteiger partial charge on any atom is 0.0857 e. The first-order valence-corrected chi connectivity index (χ1v) is 6.53. The van der Waals surface area contributed by atoms with Crippen LogP contribution in [0, 0.1) is 5.92 Å². The van der Waals surface area contributed by atoms with E-state index in [0.717, 1.165) is 32.8 Å². The van der Waals surface area contributed by atoms with Gasteiger partial charge >= 0.3 is 0 Å². The van der Waals surface area contributed by atoms with Crippen molar-refractivity contribution in [3.8, 4) is 0 Å². The lowest BCUT2D eigenvalue weighted by Crippen LogP contribution is -2.55. The number of nitrogens with two attached hydrogens (primary N) is 1. The zero-order valence-electron chi connectivity index (χ0n) is 9.81. The molecule has 16 heavy (non-hydrogen) atoms. The van der Waals surface area contributed by atoms with Crippen molar-refractivity contribution in [2.45, 2.75) is 37.5 Å². The number of hydrogen-bond acceptors (Lipinski definition) is 4. The van der Waals surface area contributed by atoms with E-state index in [4.69, 9.17) is 15.2 Å². The van der Waals surface area contributed by atoms with Gasteiger partial charge in [0, 0.05) is 31.2 Å². The van der Waals surface area contributed by atoms with Crippen LogP contribution in [0.1, 0.15) is 19.3 Å². The zero-order valence-corrected chi connectivity index (χ0v) is 9.81. The molecular formula is C12H22N2O2. The summed E-state index contributed by atoms with van der Waals surface area (Å²) in [5.74, 6) is 0.504. The van der Waals surface area contributed by atoms with Gasteiger partial charge in [-0.15, -0.1) is 0 Å². The van der Waals surface area contributed by atoms with Crippen LogP contribution in [0.15, 0.2) is 0 Å². The Morgan fingerprint density at radius 1 is 1.25 bits per heavy atom. The lowest BCUT2D eigenvalue weighted by atomic mass is 9.94. The van der Waals surface area contributed by atoms with E-state index in [-0.39, 0.29) is 12.1 Å². The highest BCUT2D eigenvalue weighted by Gasteiger charge is 2.37. The second kappa shape index (κ2) is 4.61. The van der Waals surface area contributed by atoms with E-state index in [0.29, 0.717) is 12.0 Å². The molecule has 0 aromatic carbocycles. The quantitative estimate of drug-likeness (QED) is 0.731. The van der Waals surface area contributed by atoms with Crippen LogP contribution in [0.25, 0.3) is 0 Å². The summed E-state index contributed by atoms with van der Waals surface area (Å²) in [6.45, 7) is 4.84. The predicted octanol–water partition coefficient (Wildman–Crippen LogP) is 0.213. The number of ether oxygens (including phenoxy) is 2. The molecule has 3 fully saturated rings. The Balaban J connectivity index is 1.58. The molecule has 0 saturated carbocycles. The molecule has 0 radical (unpaired) electrons.